The van der Waals surface area contributed by atoms with Crippen molar-refractivity contribution in [2.45, 2.75) is 38.8 Å². The minimum Gasteiger partial charge on any atom is -0.481 e. The predicted molar refractivity (Wildman–Crippen MR) is 91.7 cm³/mol. The van der Waals surface area contributed by atoms with Crippen LogP contribution < -0.4 is 0 Å². The van der Waals surface area contributed by atoms with Crippen LogP contribution in [-0.4, -0.2) is 53.0 Å². The molecule has 128 valence electrons. The summed E-state index contributed by atoms with van der Waals surface area (Å²) in [7, 11) is 1.79. The highest BCUT2D eigenvalue weighted by Crippen LogP contribution is 2.28. The van der Waals surface area contributed by atoms with Crippen molar-refractivity contribution < 1.29 is 14.7 Å². The molecule has 0 aromatic heterocycles. The lowest BCUT2D eigenvalue weighted by molar-refractivity contribution is -0.138. The molecule has 2 rings (SSSR count). The third kappa shape index (κ3) is 6.59. The first-order chi connectivity index (χ1) is 10.5. The van der Waals surface area contributed by atoms with Gasteiger partial charge in [-0.15, -0.1) is 12.4 Å². The van der Waals surface area contributed by atoms with Crippen LogP contribution in [-0.2, 0) is 16.1 Å². The zero-order chi connectivity index (χ0) is 16.1. The molecule has 6 heteroatoms. The topological polar surface area (TPSA) is 60.9 Å². The second-order valence-electron chi connectivity index (χ2n) is 6.12. The number of benzene rings is 1. The van der Waals surface area contributed by atoms with Crippen molar-refractivity contribution in [2.75, 3.05) is 20.1 Å². The third-order valence-corrected chi connectivity index (χ3v) is 3.89. The highest BCUT2D eigenvalue weighted by Gasteiger charge is 2.32. The van der Waals surface area contributed by atoms with E-state index >= 15 is 0 Å². The van der Waals surface area contributed by atoms with E-state index in [1.54, 1.807) is 11.9 Å². The Morgan fingerprint density at radius 2 is 1.83 bits per heavy atom. The Morgan fingerprint density at radius 3 is 2.35 bits per heavy atom. The standard InChI is InChI=1S/C17H24N2O3.ClH/c1-13-3-5-14(6-4-13)11-19(15-7-8-15)16(20)12-18(2)10-9-17(21)22;/h3-6,15H,7-12H2,1-2H3,(H,21,22);1H. The fraction of sp³-hybridized carbons (Fsp3) is 0.529. The molecule has 0 heterocycles. The number of aryl methyl sites for hydroxylation is 1. The van der Waals surface area contributed by atoms with Gasteiger partial charge < -0.3 is 10.0 Å². The Labute approximate surface area is 143 Å². The molecule has 1 aromatic rings. The normalized spacial score (nSPS) is 13.5. The number of nitrogens with zero attached hydrogens (tertiary/aromatic N) is 2. The quantitative estimate of drug-likeness (QED) is 0.789. The highest BCUT2D eigenvalue weighted by atomic mass is 35.5. The van der Waals surface area contributed by atoms with Crippen molar-refractivity contribution in [3.63, 3.8) is 0 Å². The van der Waals surface area contributed by atoms with Crippen LogP contribution in [0.15, 0.2) is 24.3 Å². The minimum atomic E-state index is -0.835. The van der Waals surface area contributed by atoms with Gasteiger partial charge in [0.25, 0.3) is 0 Å². The lowest BCUT2D eigenvalue weighted by atomic mass is 10.1. The summed E-state index contributed by atoms with van der Waals surface area (Å²) in [4.78, 5) is 26.8. The second kappa shape index (κ2) is 8.89. The maximum atomic E-state index is 12.5. The third-order valence-electron chi connectivity index (χ3n) is 3.89. The summed E-state index contributed by atoms with van der Waals surface area (Å²) in [5, 5.41) is 8.70. The summed E-state index contributed by atoms with van der Waals surface area (Å²) in [6.07, 6.45) is 2.19. The highest BCUT2D eigenvalue weighted by molar-refractivity contribution is 5.85. The van der Waals surface area contributed by atoms with E-state index in [-0.39, 0.29) is 31.3 Å². The summed E-state index contributed by atoms with van der Waals surface area (Å²) >= 11 is 0. The van der Waals surface area contributed by atoms with Crippen molar-refractivity contribution in [3.8, 4) is 0 Å². The molecule has 1 amide bonds. The van der Waals surface area contributed by atoms with Crippen molar-refractivity contribution in [3.05, 3.63) is 35.4 Å². The number of amides is 1. The van der Waals surface area contributed by atoms with Gasteiger partial charge in [0.1, 0.15) is 0 Å². The fourth-order valence-corrected chi connectivity index (χ4v) is 2.38. The first kappa shape index (κ1) is 19.5. The Kier molecular flexibility index (Phi) is 7.52. The number of carbonyl (C=O) groups is 2. The molecule has 1 saturated carbocycles. The molecule has 0 radical (unpaired) electrons. The van der Waals surface area contributed by atoms with Gasteiger partial charge in [-0.25, -0.2) is 0 Å². The molecule has 1 N–H and O–H groups in total. The molecule has 1 aliphatic rings. The van der Waals surface area contributed by atoms with Crippen LogP contribution in [0.2, 0.25) is 0 Å². The number of halogens is 1. The zero-order valence-electron chi connectivity index (χ0n) is 13.7. The summed E-state index contributed by atoms with van der Waals surface area (Å²) in [5.74, 6) is -0.756. The number of carboxylic acid groups (broad SMARTS) is 1. The van der Waals surface area contributed by atoms with E-state index in [4.69, 9.17) is 5.11 Å². The van der Waals surface area contributed by atoms with E-state index in [0.29, 0.717) is 19.1 Å². The summed E-state index contributed by atoms with van der Waals surface area (Å²) in [6.45, 7) is 3.35. The Balaban J connectivity index is 0.00000264. The summed E-state index contributed by atoms with van der Waals surface area (Å²) in [5.41, 5.74) is 2.35. The van der Waals surface area contributed by atoms with Crippen molar-refractivity contribution >= 4 is 24.3 Å². The Hall–Kier alpha value is -1.59. The van der Waals surface area contributed by atoms with Gasteiger partial charge in [0, 0.05) is 19.1 Å². The van der Waals surface area contributed by atoms with Crippen LogP contribution in [0.5, 0.6) is 0 Å². The van der Waals surface area contributed by atoms with Crippen LogP contribution in [0.3, 0.4) is 0 Å². The molecule has 1 aliphatic carbocycles. The molecule has 0 bridgehead atoms. The number of hydrogen-bond acceptors (Lipinski definition) is 3. The van der Waals surface area contributed by atoms with E-state index in [9.17, 15) is 9.59 Å². The van der Waals surface area contributed by atoms with Gasteiger partial charge >= 0.3 is 5.97 Å². The van der Waals surface area contributed by atoms with E-state index in [2.05, 4.69) is 24.3 Å². The molecule has 0 saturated heterocycles. The number of carboxylic acids is 1. The lowest BCUT2D eigenvalue weighted by Gasteiger charge is -2.25. The predicted octanol–water partition coefficient (Wildman–Crippen LogP) is 2.31. The maximum absolute atomic E-state index is 12.5. The molecule has 1 aromatic carbocycles. The Bertz CT molecular complexity index is 529. The number of likely N-dealkylation sites (N-methyl/N-ethyl adjacent to an activating group) is 1. The zero-order valence-corrected chi connectivity index (χ0v) is 14.5. The largest absolute Gasteiger partial charge is 0.481 e. The van der Waals surface area contributed by atoms with Gasteiger partial charge in [-0.05, 0) is 32.4 Å². The van der Waals surface area contributed by atoms with Crippen LogP contribution in [0.4, 0.5) is 0 Å². The average molecular weight is 341 g/mol. The smallest absolute Gasteiger partial charge is 0.304 e. The fourth-order valence-electron chi connectivity index (χ4n) is 2.38. The van der Waals surface area contributed by atoms with Gasteiger partial charge in [0.15, 0.2) is 0 Å². The van der Waals surface area contributed by atoms with Gasteiger partial charge in [0.2, 0.25) is 5.91 Å². The minimum absolute atomic E-state index is 0. The first-order valence-corrected chi connectivity index (χ1v) is 7.71. The number of rotatable bonds is 8. The van der Waals surface area contributed by atoms with E-state index in [0.717, 1.165) is 18.4 Å². The monoisotopic (exact) mass is 340 g/mol. The van der Waals surface area contributed by atoms with Crippen LogP contribution in [0.1, 0.15) is 30.4 Å². The molecular weight excluding hydrogens is 316 g/mol. The number of hydrogen-bond donors (Lipinski definition) is 1. The molecule has 0 aliphatic heterocycles. The van der Waals surface area contributed by atoms with Crippen molar-refractivity contribution in [1.29, 1.82) is 0 Å². The number of aliphatic carboxylic acids is 1. The molecule has 0 atom stereocenters. The SMILES string of the molecule is Cc1ccc(CN(C(=O)CN(C)CCC(=O)O)C2CC2)cc1.Cl. The van der Waals surface area contributed by atoms with Crippen molar-refractivity contribution in [2.24, 2.45) is 0 Å². The average Bonchev–Trinajstić information content (AvgIpc) is 3.29. The first-order valence-electron chi connectivity index (χ1n) is 7.71. The van der Waals surface area contributed by atoms with Gasteiger partial charge in [-0.2, -0.15) is 0 Å². The van der Waals surface area contributed by atoms with E-state index < -0.39 is 5.97 Å². The molecule has 0 spiro atoms. The van der Waals surface area contributed by atoms with Gasteiger partial charge in [-0.1, -0.05) is 29.8 Å². The van der Waals surface area contributed by atoms with E-state index in [1.165, 1.54) is 5.56 Å². The van der Waals surface area contributed by atoms with Gasteiger partial charge in [0.05, 0.1) is 13.0 Å². The molecule has 1 fully saturated rings. The molecule has 0 unspecified atom stereocenters. The van der Waals surface area contributed by atoms with E-state index in [1.807, 2.05) is 11.8 Å². The number of carbonyl (C=O) groups excluding carboxylic acids is 1. The van der Waals surface area contributed by atoms with Gasteiger partial charge in [-0.3, -0.25) is 14.5 Å². The summed E-state index contributed by atoms with van der Waals surface area (Å²) < 4.78 is 0. The second-order valence-corrected chi connectivity index (χ2v) is 6.12. The lowest BCUT2D eigenvalue weighted by Crippen LogP contribution is -2.40. The van der Waals surface area contributed by atoms with Crippen LogP contribution >= 0.6 is 12.4 Å². The Morgan fingerprint density at radius 1 is 1.22 bits per heavy atom. The molecular formula is C17H25ClN2O3. The maximum Gasteiger partial charge on any atom is 0.304 e. The molecule has 5 nitrogen and oxygen atoms in total. The van der Waals surface area contributed by atoms with Crippen LogP contribution in [0.25, 0.3) is 0 Å². The van der Waals surface area contributed by atoms with Crippen LogP contribution in [0, 0.1) is 6.92 Å². The molecule has 23 heavy (non-hydrogen) atoms. The van der Waals surface area contributed by atoms with Crippen molar-refractivity contribution in [1.82, 2.24) is 9.80 Å². The summed E-state index contributed by atoms with van der Waals surface area (Å²) in [6, 6.07) is 8.59.